The van der Waals surface area contributed by atoms with Crippen molar-refractivity contribution in [1.82, 2.24) is 5.32 Å². The summed E-state index contributed by atoms with van der Waals surface area (Å²) in [5.41, 5.74) is 0.979. The molecule has 0 saturated carbocycles. The average molecular weight is 354 g/mol. The van der Waals surface area contributed by atoms with Crippen molar-refractivity contribution in [3.8, 4) is 5.75 Å². The van der Waals surface area contributed by atoms with Crippen molar-refractivity contribution in [2.24, 2.45) is 5.92 Å². The third kappa shape index (κ3) is 6.04. The average Bonchev–Trinajstić information content (AvgIpc) is 2.56. The third-order valence-electron chi connectivity index (χ3n) is 4.17. The predicted octanol–water partition coefficient (Wildman–Crippen LogP) is 3.43. The zero-order chi connectivity index (χ0) is 17.4. The Morgan fingerprint density at radius 3 is 2.75 bits per heavy atom. The Morgan fingerprint density at radius 1 is 1.21 bits per heavy atom. The van der Waals surface area contributed by atoms with Crippen molar-refractivity contribution in [2.75, 3.05) is 13.2 Å². The van der Waals surface area contributed by atoms with Gasteiger partial charge in [0, 0.05) is 18.0 Å². The number of unbranched alkanes of at least 4 members (excludes halogenated alkanes) is 4. The van der Waals surface area contributed by atoms with Crippen LogP contribution in [-0.2, 0) is 16.0 Å². The number of carbonyl (C=O) groups is 2. The zero-order valence-corrected chi connectivity index (χ0v) is 14.5. The van der Waals surface area contributed by atoms with Crippen LogP contribution >= 0.6 is 11.6 Å². The molecule has 0 aliphatic carbocycles. The molecule has 0 bridgehead atoms. The third-order valence-corrected chi connectivity index (χ3v) is 4.40. The van der Waals surface area contributed by atoms with Gasteiger partial charge < -0.3 is 15.2 Å². The molecule has 24 heavy (non-hydrogen) atoms. The molecule has 1 unspecified atom stereocenters. The number of carboxylic acid groups (broad SMARTS) is 1. The second-order valence-electron chi connectivity index (χ2n) is 6.17. The topological polar surface area (TPSA) is 75.6 Å². The quantitative estimate of drug-likeness (QED) is 0.667. The number of carbonyl (C=O) groups excluding carboxylic acids is 1. The molecule has 0 aromatic heterocycles. The smallest absolute Gasteiger partial charge is 0.303 e. The van der Waals surface area contributed by atoms with E-state index in [2.05, 4.69) is 5.32 Å². The van der Waals surface area contributed by atoms with Crippen molar-refractivity contribution < 1.29 is 19.4 Å². The van der Waals surface area contributed by atoms with E-state index in [0.29, 0.717) is 24.6 Å². The minimum atomic E-state index is -0.736. The van der Waals surface area contributed by atoms with Gasteiger partial charge in [0.15, 0.2) is 0 Å². The number of hydrogen-bond donors (Lipinski definition) is 2. The largest absolute Gasteiger partial charge is 0.492 e. The van der Waals surface area contributed by atoms with Crippen LogP contribution in [0, 0.1) is 5.92 Å². The van der Waals surface area contributed by atoms with Crippen LogP contribution in [0.15, 0.2) is 18.2 Å². The SMILES string of the molecule is O=C(O)CCCCCCCNC(=O)C1COc2ccc(Cl)cc2C1. The van der Waals surface area contributed by atoms with Crippen LogP contribution < -0.4 is 10.1 Å². The molecule has 1 aliphatic rings. The maximum Gasteiger partial charge on any atom is 0.303 e. The van der Waals surface area contributed by atoms with E-state index in [0.717, 1.165) is 43.4 Å². The summed E-state index contributed by atoms with van der Waals surface area (Å²) < 4.78 is 5.64. The molecule has 5 nitrogen and oxygen atoms in total. The lowest BCUT2D eigenvalue weighted by atomic mass is 9.96. The molecular weight excluding hydrogens is 330 g/mol. The monoisotopic (exact) mass is 353 g/mol. The van der Waals surface area contributed by atoms with E-state index >= 15 is 0 Å². The molecule has 0 fully saturated rings. The van der Waals surface area contributed by atoms with Crippen LogP contribution in [0.4, 0.5) is 0 Å². The molecule has 6 heteroatoms. The summed E-state index contributed by atoms with van der Waals surface area (Å²) in [6.45, 7) is 1.05. The normalized spacial score (nSPS) is 16.1. The standard InChI is InChI=1S/C18H24ClNO4/c19-15-7-8-16-13(11-15)10-14(12-24-16)18(23)20-9-5-3-1-2-4-6-17(21)22/h7-8,11,14H,1-6,9-10,12H2,(H,20,23)(H,21,22). The van der Waals surface area contributed by atoms with Gasteiger partial charge in [0.05, 0.1) is 5.92 Å². The summed E-state index contributed by atoms with van der Waals surface area (Å²) in [5.74, 6) is -0.0809. The number of fused-ring (bicyclic) bond motifs is 1. The fourth-order valence-electron chi connectivity index (χ4n) is 2.82. The first kappa shape index (κ1) is 18.6. The molecule has 1 atom stereocenters. The lowest BCUT2D eigenvalue weighted by Crippen LogP contribution is -2.37. The van der Waals surface area contributed by atoms with E-state index in [1.165, 1.54) is 0 Å². The van der Waals surface area contributed by atoms with Crippen LogP contribution in [0.1, 0.15) is 44.1 Å². The fourth-order valence-corrected chi connectivity index (χ4v) is 3.01. The number of rotatable bonds is 9. The molecule has 1 aromatic carbocycles. The predicted molar refractivity (Wildman–Crippen MR) is 92.5 cm³/mol. The molecule has 0 spiro atoms. The number of benzene rings is 1. The van der Waals surface area contributed by atoms with Crippen molar-refractivity contribution in [3.05, 3.63) is 28.8 Å². The van der Waals surface area contributed by atoms with E-state index in [1.54, 1.807) is 6.07 Å². The summed E-state index contributed by atoms with van der Waals surface area (Å²) in [5, 5.41) is 12.2. The first-order valence-electron chi connectivity index (χ1n) is 8.47. The lowest BCUT2D eigenvalue weighted by molar-refractivity contribution is -0.137. The van der Waals surface area contributed by atoms with Gasteiger partial charge in [0.1, 0.15) is 12.4 Å². The summed E-state index contributed by atoms with van der Waals surface area (Å²) in [6, 6.07) is 5.49. The first-order valence-corrected chi connectivity index (χ1v) is 8.85. The van der Waals surface area contributed by atoms with Gasteiger partial charge >= 0.3 is 5.97 Å². The first-order chi connectivity index (χ1) is 11.6. The Kier molecular flexibility index (Phi) is 7.37. The molecule has 2 rings (SSSR count). The van der Waals surface area contributed by atoms with Crippen LogP contribution in [0.5, 0.6) is 5.75 Å². The molecule has 1 aromatic rings. The molecule has 0 saturated heterocycles. The molecule has 1 heterocycles. The van der Waals surface area contributed by atoms with Crippen molar-refractivity contribution in [1.29, 1.82) is 0 Å². The number of hydrogen-bond acceptors (Lipinski definition) is 3. The summed E-state index contributed by atoms with van der Waals surface area (Å²) in [4.78, 5) is 22.6. The van der Waals surface area contributed by atoms with Crippen molar-refractivity contribution in [2.45, 2.75) is 44.9 Å². The van der Waals surface area contributed by atoms with E-state index < -0.39 is 5.97 Å². The fraction of sp³-hybridized carbons (Fsp3) is 0.556. The zero-order valence-electron chi connectivity index (χ0n) is 13.7. The van der Waals surface area contributed by atoms with E-state index in [1.807, 2.05) is 12.1 Å². The molecule has 1 aliphatic heterocycles. The Morgan fingerprint density at radius 2 is 1.96 bits per heavy atom. The van der Waals surface area contributed by atoms with Gasteiger partial charge in [-0.2, -0.15) is 0 Å². The molecule has 1 amide bonds. The van der Waals surface area contributed by atoms with Gasteiger partial charge in [-0.15, -0.1) is 0 Å². The van der Waals surface area contributed by atoms with E-state index in [4.69, 9.17) is 21.4 Å². The van der Waals surface area contributed by atoms with Crippen LogP contribution in [0.2, 0.25) is 5.02 Å². The summed E-state index contributed by atoms with van der Waals surface area (Å²) in [7, 11) is 0. The summed E-state index contributed by atoms with van der Waals surface area (Å²) >= 11 is 5.99. The van der Waals surface area contributed by atoms with Gasteiger partial charge in [-0.1, -0.05) is 30.9 Å². The van der Waals surface area contributed by atoms with E-state index in [9.17, 15) is 9.59 Å². The Labute approximate surface area is 147 Å². The minimum absolute atomic E-state index is 0.0199. The van der Waals surface area contributed by atoms with Gasteiger partial charge in [-0.25, -0.2) is 0 Å². The number of ether oxygens (including phenoxy) is 1. The number of aliphatic carboxylic acids is 1. The van der Waals surface area contributed by atoms with E-state index in [-0.39, 0.29) is 18.2 Å². The maximum atomic E-state index is 12.2. The minimum Gasteiger partial charge on any atom is -0.492 e. The Balaban J connectivity index is 1.61. The number of nitrogens with one attached hydrogen (secondary N) is 1. The van der Waals surface area contributed by atoms with Crippen molar-refractivity contribution >= 4 is 23.5 Å². The maximum absolute atomic E-state index is 12.2. The highest BCUT2D eigenvalue weighted by molar-refractivity contribution is 6.30. The van der Waals surface area contributed by atoms with Gasteiger partial charge in [0.2, 0.25) is 5.91 Å². The highest BCUT2D eigenvalue weighted by Gasteiger charge is 2.25. The highest BCUT2D eigenvalue weighted by atomic mass is 35.5. The number of halogens is 1. The van der Waals surface area contributed by atoms with Crippen LogP contribution in [-0.4, -0.2) is 30.1 Å². The number of carboxylic acids is 1. The Bertz CT molecular complexity index is 576. The van der Waals surface area contributed by atoms with Gasteiger partial charge in [-0.05, 0) is 43.0 Å². The lowest BCUT2D eigenvalue weighted by Gasteiger charge is -2.24. The van der Waals surface area contributed by atoms with Crippen molar-refractivity contribution in [3.63, 3.8) is 0 Å². The highest BCUT2D eigenvalue weighted by Crippen LogP contribution is 2.29. The molecule has 132 valence electrons. The summed E-state index contributed by atoms with van der Waals surface area (Å²) in [6.07, 6.45) is 5.45. The molecule has 0 radical (unpaired) electrons. The number of amides is 1. The van der Waals surface area contributed by atoms with Gasteiger partial charge in [-0.3, -0.25) is 9.59 Å². The second kappa shape index (κ2) is 9.52. The molecule has 2 N–H and O–H groups in total. The second-order valence-corrected chi connectivity index (χ2v) is 6.60. The van der Waals surface area contributed by atoms with Gasteiger partial charge in [0.25, 0.3) is 0 Å². The van der Waals surface area contributed by atoms with Crippen LogP contribution in [0.25, 0.3) is 0 Å². The Hall–Kier alpha value is -1.75. The van der Waals surface area contributed by atoms with Crippen LogP contribution in [0.3, 0.4) is 0 Å². The molecular formula is C18H24ClNO4.